The summed E-state index contributed by atoms with van der Waals surface area (Å²) in [5, 5.41) is 2.26. The SMILES string of the molecule is COc1cccc(C(=O)N[N+]2=S(=O)([C@@H](C)[C@H](OC)c3ncc(C)cn3)N=C2Nc2cccnc2OC)n1. The van der Waals surface area contributed by atoms with Gasteiger partial charge in [0.15, 0.2) is 11.5 Å². The summed E-state index contributed by atoms with van der Waals surface area (Å²) in [5.74, 6) is 0.383. The molecule has 0 saturated carbocycles. The highest BCUT2D eigenvalue weighted by atomic mass is 32.2. The van der Waals surface area contributed by atoms with Gasteiger partial charge in [0.1, 0.15) is 17.0 Å². The van der Waals surface area contributed by atoms with Gasteiger partial charge >= 0.3 is 5.96 Å². The van der Waals surface area contributed by atoms with Gasteiger partial charge in [-0.25, -0.2) is 25.3 Å². The fraction of sp³-hybridized carbons (Fsp3) is 0.304. The fourth-order valence-corrected chi connectivity index (χ4v) is 5.47. The zero-order valence-electron chi connectivity index (χ0n) is 20.9. The van der Waals surface area contributed by atoms with E-state index >= 15 is 0 Å². The number of aryl methyl sites for hydroxylation is 1. The van der Waals surface area contributed by atoms with E-state index in [1.165, 1.54) is 31.5 Å². The second-order valence-electron chi connectivity index (χ2n) is 7.92. The van der Waals surface area contributed by atoms with Gasteiger partial charge in [0.25, 0.3) is 21.7 Å². The molecule has 1 aliphatic heterocycles. The Morgan fingerprint density at radius 2 is 1.81 bits per heavy atom. The Hall–Kier alpha value is -4.17. The highest BCUT2D eigenvalue weighted by Gasteiger charge is 2.48. The van der Waals surface area contributed by atoms with Crippen LogP contribution < -0.4 is 20.2 Å². The van der Waals surface area contributed by atoms with Crippen LogP contribution in [-0.4, -0.2) is 66.6 Å². The predicted molar refractivity (Wildman–Crippen MR) is 134 cm³/mol. The van der Waals surface area contributed by atoms with Gasteiger partial charge in [0.05, 0.1) is 14.2 Å². The molecule has 3 aromatic rings. The van der Waals surface area contributed by atoms with E-state index in [1.807, 2.05) is 6.92 Å². The van der Waals surface area contributed by atoms with Gasteiger partial charge in [-0.2, -0.15) is 9.63 Å². The molecule has 2 N–H and O–H groups in total. The molecular weight excluding hydrogens is 500 g/mol. The first-order chi connectivity index (χ1) is 17.8. The van der Waals surface area contributed by atoms with Crippen LogP contribution in [-0.2, 0) is 14.7 Å². The highest BCUT2D eigenvalue weighted by molar-refractivity contribution is 7.91. The van der Waals surface area contributed by atoms with E-state index < -0.39 is 27.2 Å². The number of hydrazine groups is 1. The number of rotatable bonds is 9. The molecule has 4 rings (SSSR count). The van der Waals surface area contributed by atoms with Gasteiger partial charge in [-0.05, 0) is 41.7 Å². The van der Waals surface area contributed by atoms with Crippen molar-refractivity contribution >= 4 is 27.5 Å². The number of guanidine groups is 1. The number of aromatic nitrogens is 4. The number of anilines is 1. The molecule has 0 aliphatic carbocycles. The lowest BCUT2D eigenvalue weighted by molar-refractivity contribution is -0.445. The lowest BCUT2D eigenvalue weighted by atomic mass is 10.2. The number of amides is 1. The van der Waals surface area contributed by atoms with E-state index in [0.29, 0.717) is 17.4 Å². The van der Waals surface area contributed by atoms with Crippen molar-refractivity contribution in [1.82, 2.24) is 25.4 Å². The molecule has 37 heavy (non-hydrogen) atoms. The summed E-state index contributed by atoms with van der Waals surface area (Å²) < 4.78 is 35.8. The van der Waals surface area contributed by atoms with Crippen molar-refractivity contribution in [2.45, 2.75) is 25.2 Å². The topological polar surface area (TPSA) is 153 Å². The van der Waals surface area contributed by atoms with Crippen LogP contribution in [0.1, 0.15) is 34.9 Å². The van der Waals surface area contributed by atoms with E-state index in [0.717, 1.165) is 5.56 Å². The first kappa shape index (κ1) is 25.9. The average Bonchev–Trinajstić information content (AvgIpc) is 2.92. The van der Waals surface area contributed by atoms with Crippen LogP contribution in [0.4, 0.5) is 5.69 Å². The van der Waals surface area contributed by atoms with Gasteiger partial charge in [0, 0.05) is 36.2 Å². The smallest absolute Gasteiger partial charge is 0.441 e. The maximum absolute atomic E-state index is 14.2. The minimum absolute atomic E-state index is 0.0594. The van der Waals surface area contributed by atoms with Crippen molar-refractivity contribution in [1.29, 1.82) is 0 Å². The first-order valence-corrected chi connectivity index (χ1v) is 12.7. The Balaban J connectivity index is 1.72. The van der Waals surface area contributed by atoms with Crippen molar-refractivity contribution in [2.24, 2.45) is 4.40 Å². The second-order valence-corrected chi connectivity index (χ2v) is 10.3. The van der Waals surface area contributed by atoms with Crippen LogP contribution >= 0.6 is 0 Å². The quantitative estimate of drug-likeness (QED) is 0.395. The van der Waals surface area contributed by atoms with Crippen molar-refractivity contribution in [3.63, 3.8) is 0 Å². The van der Waals surface area contributed by atoms with Crippen molar-refractivity contribution in [2.75, 3.05) is 26.6 Å². The van der Waals surface area contributed by atoms with E-state index in [-0.39, 0.29) is 17.5 Å². The molecule has 1 amide bonds. The van der Waals surface area contributed by atoms with Crippen molar-refractivity contribution < 1.29 is 27.3 Å². The lowest BCUT2D eigenvalue weighted by Crippen LogP contribution is -2.54. The Kier molecular flexibility index (Phi) is 7.59. The third-order valence-electron chi connectivity index (χ3n) is 5.47. The van der Waals surface area contributed by atoms with Crippen LogP contribution in [0.25, 0.3) is 0 Å². The Labute approximate surface area is 214 Å². The Morgan fingerprint density at radius 3 is 2.49 bits per heavy atom. The normalized spacial score (nSPS) is 18.2. The minimum Gasteiger partial charge on any atom is -0.481 e. The number of hydrogen-bond donors (Lipinski definition) is 2. The van der Waals surface area contributed by atoms with Crippen LogP contribution in [0.2, 0.25) is 0 Å². The van der Waals surface area contributed by atoms with Crippen LogP contribution in [0.3, 0.4) is 0 Å². The standard InChI is InChI=1S/C23H26N8O5S/c1-14-12-25-20(26-13-14)19(35-4)15(2)37(33)30-23(28-17-9-7-11-24-22(17)36-5)31(37)29-21(32)16-8-6-10-18(27-16)34-3/h6-13,15,19H,1-5H3,(H,29,32)/p+1/t15-,19-,37?/m0/s1. The molecule has 13 nitrogen and oxygen atoms in total. The monoisotopic (exact) mass is 527 g/mol. The summed E-state index contributed by atoms with van der Waals surface area (Å²) in [6, 6.07) is 8.15. The number of methoxy groups -OCH3 is 3. The van der Waals surface area contributed by atoms with Crippen molar-refractivity contribution in [3.05, 3.63) is 66.0 Å². The largest absolute Gasteiger partial charge is 0.481 e. The number of carbonyl (C=O) groups excluding carboxylic acids is 1. The zero-order chi connectivity index (χ0) is 26.6. The molecule has 3 atom stereocenters. The number of hydrogen-bond acceptors (Lipinski definition) is 10. The summed E-state index contributed by atoms with van der Waals surface area (Å²) in [6.45, 7) is 3.55. The third-order valence-corrected chi connectivity index (χ3v) is 7.91. The molecule has 0 aromatic carbocycles. The molecule has 0 radical (unpaired) electrons. The number of nitrogens with one attached hydrogen (secondary N) is 2. The van der Waals surface area contributed by atoms with E-state index in [1.54, 1.807) is 49.8 Å². The second kappa shape index (κ2) is 10.8. The molecule has 194 valence electrons. The lowest BCUT2D eigenvalue weighted by Gasteiger charge is -2.26. The van der Waals surface area contributed by atoms with Gasteiger partial charge in [-0.3, -0.25) is 4.79 Å². The third kappa shape index (κ3) is 5.20. The van der Waals surface area contributed by atoms with E-state index in [4.69, 9.17) is 14.2 Å². The summed E-state index contributed by atoms with van der Waals surface area (Å²) in [5.41, 5.74) is 4.04. The first-order valence-electron chi connectivity index (χ1n) is 11.1. The average molecular weight is 528 g/mol. The van der Waals surface area contributed by atoms with Crippen molar-refractivity contribution in [3.8, 4) is 11.8 Å². The molecule has 4 heterocycles. The maximum Gasteiger partial charge on any atom is 0.441 e. The highest BCUT2D eigenvalue weighted by Crippen LogP contribution is 2.30. The number of carbonyl (C=O) groups is 1. The summed E-state index contributed by atoms with van der Waals surface area (Å²) >= 11 is 0. The van der Waals surface area contributed by atoms with Crippen LogP contribution in [0.15, 0.2) is 53.3 Å². The summed E-state index contributed by atoms with van der Waals surface area (Å²) in [7, 11) is 1.11. The van der Waals surface area contributed by atoms with Gasteiger partial charge < -0.3 is 14.2 Å². The molecule has 0 saturated heterocycles. The molecule has 14 heteroatoms. The number of ether oxygens (including phenoxy) is 3. The Bertz CT molecular complexity index is 1450. The maximum atomic E-state index is 14.2. The molecule has 0 fully saturated rings. The van der Waals surface area contributed by atoms with Gasteiger partial charge in [0.2, 0.25) is 5.88 Å². The number of pyridine rings is 2. The fourth-order valence-electron chi connectivity index (χ4n) is 3.53. The minimum atomic E-state index is -3.28. The molecule has 1 unspecified atom stereocenters. The van der Waals surface area contributed by atoms with E-state index in [9.17, 15) is 9.00 Å². The summed E-state index contributed by atoms with van der Waals surface area (Å²) in [6.07, 6.45) is 4.08. The molecule has 1 aliphatic rings. The van der Waals surface area contributed by atoms with Crippen LogP contribution in [0, 0.1) is 6.92 Å². The predicted octanol–water partition coefficient (Wildman–Crippen LogP) is 1.89. The zero-order valence-corrected chi connectivity index (χ0v) is 21.7. The molecule has 0 bridgehead atoms. The van der Waals surface area contributed by atoms with Gasteiger partial charge in [-0.15, -0.1) is 0 Å². The molecule has 3 aromatic heterocycles. The molecular formula is C23H27N8O5S+. The van der Waals surface area contributed by atoms with E-state index in [2.05, 4.69) is 35.1 Å². The molecule has 0 spiro atoms. The number of nitrogens with zero attached hydrogens (tertiary/aromatic N) is 6. The Morgan fingerprint density at radius 1 is 1.05 bits per heavy atom. The van der Waals surface area contributed by atoms with Gasteiger partial charge in [-0.1, -0.05) is 6.07 Å². The van der Waals surface area contributed by atoms with Crippen LogP contribution in [0.5, 0.6) is 11.8 Å². The summed E-state index contributed by atoms with van der Waals surface area (Å²) in [4.78, 5) is 30.1.